The summed E-state index contributed by atoms with van der Waals surface area (Å²) in [5, 5.41) is 19.5. The number of aromatic amines is 1. The molecular weight excluding hydrogens is 311 g/mol. The monoisotopic (exact) mass is 323 g/mol. The molecule has 0 aliphatic carbocycles. The Labute approximate surface area is 116 Å². The summed E-state index contributed by atoms with van der Waals surface area (Å²) < 4.78 is 20.5. The minimum atomic E-state index is -5.01. The van der Waals surface area contributed by atoms with Gasteiger partial charge in [-0.25, -0.2) is 4.79 Å². The highest BCUT2D eigenvalue weighted by atomic mass is 31.2. The average Bonchev–Trinajstić information content (AvgIpc) is 2.64. The molecule has 1 fully saturated rings. The van der Waals surface area contributed by atoms with E-state index in [4.69, 9.17) is 9.63 Å². The van der Waals surface area contributed by atoms with Crippen molar-refractivity contribution in [2.75, 3.05) is 6.61 Å². The normalized spacial score (nSPS) is 32.0. The summed E-state index contributed by atoms with van der Waals surface area (Å²) in [6, 6.07) is 1.01. The second-order valence-electron chi connectivity index (χ2n) is 4.33. The molecule has 0 saturated carbocycles. The summed E-state index contributed by atoms with van der Waals surface area (Å²) in [4.78, 5) is 43.4. The van der Waals surface area contributed by atoms with Crippen LogP contribution in [0.2, 0.25) is 0 Å². The fourth-order valence-electron chi connectivity index (χ4n) is 1.89. The van der Waals surface area contributed by atoms with Crippen molar-refractivity contribution in [2.24, 2.45) is 0 Å². The molecule has 21 heavy (non-hydrogen) atoms. The Morgan fingerprint density at radius 3 is 2.67 bits per heavy atom. The van der Waals surface area contributed by atoms with Gasteiger partial charge in [0.25, 0.3) is 13.4 Å². The molecule has 0 spiro atoms. The van der Waals surface area contributed by atoms with Gasteiger partial charge in [-0.05, 0) is 0 Å². The summed E-state index contributed by atoms with van der Waals surface area (Å²) in [6.07, 6.45) is -4.71. The van der Waals surface area contributed by atoms with Crippen LogP contribution in [-0.2, 0) is 13.8 Å². The summed E-state index contributed by atoms with van der Waals surface area (Å²) in [5.41, 5.74) is -1.53. The van der Waals surface area contributed by atoms with Crippen LogP contribution >= 0.6 is 7.82 Å². The zero-order valence-electron chi connectivity index (χ0n) is 10.4. The zero-order chi connectivity index (χ0) is 15.8. The number of hydrogen-bond donors (Lipinski definition) is 4. The van der Waals surface area contributed by atoms with Crippen LogP contribution in [-0.4, -0.2) is 49.6 Å². The Hall–Kier alpha value is -1.33. The first-order chi connectivity index (χ1) is 9.69. The zero-order valence-corrected chi connectivity index (χ0v) is 11.3. The van der Waals surface area contributed by atoms with Gasteiger partial charge in [0.15, 0.2) is 6.23 Å². The number of phosphoric acid groups is 1. The number of nitrogens with one attached hydrogen (secondary N) is 1. The summed E-state index contributed by atoms with van der Waals surface area (Å²) >= 11 is 0. The van der Waals surface area contributed by atoms with E-state index in [9.17, 15) is 29.3 Å². The van der Waals surface area contributed by atoms with Crippen molar-refractivity contribution in [3.8, 4) is 0 Å². The smallest absolute Gasteiger partial charge is 0.330 e. The largest absolute Gasteiger partial charge is 0.756 e. The van der Waals surface area contributed by atoms with Crippen LogP contribution in [0.25, 0.3) is 0 Å². The number of aromatic nitrogens is 2. The first-order valence-electron chi connectivity index (χ1n) is 5.70. The van der Waals surface area contributed by atoms with Gasteiger partial charge < -0.3 is 29.3 Å². The van der Waals surface area contributed by atoms with E-state index in [1.807, 2.05) is 4.98 Å². The van der Waals surface area contributed by atoms with Gasteiger partial charge in [0.05, 0.1) is 6.61 Å². The summed E-state index contributed by atoms with van der Waals surface area (Å²) in [5.74, 6) is 0. The Kier molecular flexibility index (Phi) is 4.44. The number of hydrogen-bond acceptors (Lipinski definition) is 8. The Morgan fingerprint density at radius 1 is 1.43 bits per heavy atom. The minimum absolute atomic E-state index is 0.656. The molecular formula is C9H12N2O9P-. The lowest BCUT2D eigenvalue weighted by Crippen LogP contribution is -2.37. The van der Waals surface area contributed by atoms with E-state index in [0.29, 0.717) is 0 Å². The van der Waals surface area contributed by atoms with Gasteiger partial charge in [-0.3, -0.25) is 18.9 Å². The first kappa shape index (κ1) is 16.0. The van der Waals surface area contributed by atoms with Crippen molar-refractivity contribution in [3.05, 3.63) is 33.1 Å². The van der Waals surface area contributed by atoms with Gasteiger partial charge in [0, 0.05) is 12.3 Å². The molecule has 0 amide bonds. The van der Waals surface area contributed by atoms with Gasteiger partial charge in [0.2, 0.25) is 0 Å². The standard InChI is InChI=1S/C9H13N2O9P/c12-5-1-2-11(9(15)10-5)8-7(14)6(13)4(20-8)3-19-21(16,17)18/h1-2,4,6-8,13-14H,3H2,(H,10,12,15)(H2,16,17,18)/p-1/t4-,6?,7+,8-/m1/s1. The molecule has 12 heteroatoms. The molecule has 1 aromatic rings. The van der Waals surface area contributed by atoms with Crippen molar-refractivity contribution in [1.82, 2.24) is 9.55 Å². The fraction of sp³-hybridized carbons (Fsp3) is 0.556. The fourth-order valence-corrected chi connectivity index (χ4v) is 2.23. The van der Waals surface area contributed by atoms with E-state index in [1.165, 1.54) is 0 Å². The maximum atomic E-state index is 11.6. The number of aliphatic hydroxyl groups is 2. The SMILES string of the molecule is O=c1ccn([C@@H]2O[C@H](COP(=O)([O-])O)C(O)[C@@H]2O)c(=O)[nH]1. The molecule has 118 valence electrons. The summed E-state index contributed by atoms with van der Waals surface area (Å²) in [6.45, 7) is -0.746. The van der Waals surface area contributed by atoms with Gasteiger partial charge in [-0.2, -0.15) is 0 Å². The molecule has 5 atom stereocenters. The van der Waals surface area contributed by atoms with Gasteiger partial charge in [-0.1, -0.05) is 0 Å². The van der Waals surface area contributed by atoms with Gasteiger partial charge in [-0.15, -0.1) is 0 Å². The van der Waals surface area contributed by atoms with Crippen molar-refractivity contribution < 1.29 is 33.8 Å². The topological polar surface area (TPSA) is 174 Å². The average molecular weight is 323 g/mol. The molecule has 2 heterocycles. The first-order valence-corrected chi connectivity index (χ1v) is 7.20. The number of ether oxygens (including phenoxy) is 1. The van der Waals surface area contributed by atoms with Gasteiger partial charge >= 0.3 is 5.69 Å². The van der Waals surface area contributed by atoms with Crippen LogP contribution in [0.15, 0.2) is 21.9 Å². The molecule has 0 radical (unpaired) electrons. The molecule has 1 aliphatic heterocycles. The lowest BCUT2D eigenvalue weighted by atomic mass is 10.1. The van der Waals surface area contributed by atoms with E-state index >= 15 is 0 Å². The molecule has 4 N–H and O–H groups in total. The molecule has 2 rings (SSSR count). The van der Waals surface area contributed by atoms with E-state index < -0.39 is 50.2 Å². The molecule has 11 nitrogen and oxygen atoms in total. The van der Waals surface area contributed by atoms with Crippen LogP contribution in [0, 0.1) is 0 Å². The van der Waals surface area contributed by atoms with Crippen molar-refractivity contribution in [2.45, 2.75) is 24.5 Å². The quantitative estimate of drug-likeness (QED) is 0.412. The molecule has 0 bridgehead atoms. The van der Waals surface area contributed by atoms with Crippen LogP contribution in [0.1, 0.15) is 6.23 Å². The molecule has 1 saturated heterocycles. The van der Waals surface area contributed by atoms with Crippen molar-refractivity contribution >= 4 is 7.82 Å². The third kappa shape index (κ3) is 3.66. The van der Waals surface area contributed by atoms with Crippen LogP contribution in [0.3, 0.4) is 0 Å². The molecule has 0 aromatic carbocycles. The lowest BCUT2D eigenvalue weighted by molar-refractivity contribution is -0.222. The Morgan fingerprint density at radius 2 is 2.10 bits per heavy atom. The molecule has 2 unspecified atom stereocenters. The van der Waals surface area contributed by atoms with E-state index in [1.54, 1.807) is 0 Å². The highest BCUT2D eigenvalue weighted by Gasteiger charge is 2.44. The number of phosphoric ester groups is 1. The number of H-pyrrole nitrogens is 1. The molecule has 1 aliphatic rings. The maximum absolute atomic E-state index is 11.6. The Balaban J connectivity index is 2.18. The second-order valence-corrected chi connectivity index (χ2v) is 5.52. The van der Waals surface area contributed by atoms with Crippen LogP contribution in [0.5, 0.6) is 0 Å². The summed E-state index contributed by atoms with van der Waals surface area (Å²) in [7, 11) is -5.01. The number of aliphatic hydroxyl groups excluding tert-OH is 2. The predicted molar refractivity (Wildman–Crippen MR) is 63.0 cm³/mol. The van der Waals surface area contributed by atoms with E-state index in [-0.39, 0.29) is 0 Å². The highest BCUT2D eigenvalue weighted by molar-refractivity contribution is 7.44. The number of rotatable bonds is 4. The van der Waals surface area contributed by atoms with Crippen molar-refractivity contribution in [1.29, 1.82) is 0 Å². The molecule has 1 aromatic heterocycles. The van der Waals surface area contributed by atoms with Crippen LogP contribution < -0.4 is 16.1 Å². The lowest BCUT2D eigenvalue weighted by Gasteiger charge is -2.20. The van der Waals surface area contributed by atoms with E-state index in [2.05, 4.69) is 4.52 Å². The maximum Gasteiger partial charge on any atom is 0.330 e. The second kappa shape index (κ2) is 5.81. The Bertz CT molecular complexity index is 664. The van der Waals surface area contributed by atoms with Gasteiger partial charge in [0.1, 0.15) is 18.3 Å². The van der Waals surface area contributed by atoms with Crippen LogP contribution in [0.4, 0.5) is 0 Å². The van der Waals surface area contributed by atoms with Crippen molar-refractivity contribution in [3.63, 3.8) is 0 Å². The third-order valence-corrected chi connectivity index (χ3v) is 3.34. The highest BCUT2D eigenvalue weighted by Crippen LogP contribution is 2.34. The van der Waals surface area contributed by atoms with E-state index in [0.717, 1.165) is 16.8 Å². The predicted octanol–water partition coefficient (Wildman–Crippen LogP) is -3.37. The third-order valence-electron chi connectivity index (χ3n) is 2.86. The number of nitrogens with zero attached hydrogens (tertiary/aromatic N) is 1. The minimum Gasteiger partial charge on any atom is -0.756 e.